The molecule has 0 bridgehead atoms. The predicted octanol–water partition coefficient (Wildman–Crippen LogP) is 4.28. The highest BCUT2D eigenvalue weighted by Crippen LogP contribution is 2.00. The highest BCUT2D eigenvalue weighted by molar-refractivity contribution is 5.22. The standard InChI is InChI=1S/C9H14.C3H6/c1-5-9(4)7-6-8(2)3;1-3-2/h6-7H,2,4-5H2,1,3H3;3H,1H2,2H3/b7-6-;. The van der Waals surface area contributed by atoms with Gasteiger partial charge in [0.2, 0.25) is 0 Å². The largest absolute Gasteiger partial charge is 0.103 e. The molecule has 0 fully saturated rings. The molecule has 0 unspecified atom stereocenters. The number of hydrogen-bond donors (Lipinski definition) is 0. The molecule has 0 atom stereocenters. The van der Waals surface area contributed by atoms with E-state index < -0.39 is 0 Å². The normalized spacial score (nSPS) is 8.58. The highest BCUT2D eigenvalue weighted by Gasteiger charge is 1.79. The minimum atomic E-state index is 1.02. The maximum Gasteiger partial charge on any atom is -0.0313 e. The van der Waals surface area contributed by atoms with Gasteiger partial charge < -0.3 is 0 Å². The smallest absolute Gasteiger partial charge is 0.0313 e. The Morgan fingerprint density at radius 1 is 1.25 bits per heavy atom. The van der Waals surface area contributed by atoms with Gasteiger partial charge in [0.15, 0.2) is 0 Å². The monoisotopic (exact) mass is 164 g/mol. The summed E-state index contributed by atoms with van der Waals surface area (Å²) in [5.74, 6) is 0. The average molecular weight is 164 g/mol. The van der Waals surface area contributed by atoms with Gasteiger partial charge in [0, 0.05) is 0 Å². The molecule has 68 valence electrons. The zero-order chi connectivity index (χ0) is 9.98. The Hall–Kier alpha value is -1.04. The molecular formula is C12H20. The highest BCUT2D eigenvalue weighted by atomic mass is 13.9. The lowest BCUT2D eigenvalue weighted by Crippen LogP contribution is -1.69. The van der Waals surface area contributed by atoms with E-state index in [1.54, 1.807) is 6.08 Å². The number of hydrogen-bond acceptors (Lipinski definition) is 0. The Kier molecular flexibility index (Phi) is 11.2. The third-order valence-corrected chi connectivity index (χ3v) is 1.06. The molecule has 0 aliphatic heterocycles. The maximum atomic E-state index is 3.82. The van der Waals surface area contributed by atoms with Crippen LogP contribution in [0.5, 0.6) is 0 Å². The minimum absolute atomic E-state index is 1.02. The van der Waals surface area contributed by atoms with Crippen LogP contribution in [0.25, 0.3) is 0 Å². The van der Waals surface area contributed by atoms with Gasteiger partial charge in [-0.05, 0) is 20.3 Å². The van der Waals surface area contributed by atoms with Crippen LogP contribution in [0.1, 0.15) is 27.2 Å². The van der Waals surface area contributed by atoms with Crippen LogP contribution >= 0.6 is 0 Å². The van der Waals surface area contributed by atoms with Crippen molar-refractivity contribution in [2.45, 2.75) is 27.2 Å². The lowest BCUT2D eigenvalue weighted by Gasteiger charge is -1.89. The van der Waals surface area contributed by atoms with Gasteiger partial charge in [0.25, 0.3) is 0 Å². The predicted molar refractivity (Wildman–Crippen MR) is 59.3 cm³/mol. The fraction of sp³-hybridized carbons (Fsp3) is 0.333. The molecule has 0 aromatic rings. The fourth-order valence-electron chi connectivity index (χ4n) is 0.378. The molecular weight excluding hydrogens is 144 g/mol. The van der Waals surface area contributed by atoms with Crippen molar-refractivity contribution in [2.75, 3.05) is 0 Å². The van der Waals surface area contributed by atoms with Crippen molar-refractivity contribution < 1.29 is 0 Å². The van der Waals surface area contributed by atoms with Crippen LogP contribution in [-0.4, -0.2) is 0 Å². The van der Waals surface area contributed by atoms with Gasteiger partial charge in [-0.1, -0.05) is 49.5 Å². The Balaban J connectivity index is 0. The molecule has 0 amide bonds. The third kappa shape index (κ3) is 16.0. The van der Waals surface area contributed by atoms with Crippen molar-refractivity contribution in [3.63, 3.8) is 0 Å². The lowest BCUT2D eigenvalue weighted by molar-refractivity contribution is 1.16. The van der Waals surface area contributed by atoms with Gasteiger partial charge in [-0.3, -0.25) is 0 Å². The molecule has 0 N–H and O–H groups in total. The van der Waals surface area contributed by atoms with Crippen LogP contribution in [0.3, 0.4) is 0 Å². The summed E-state index contributed by atoms with van der Waals surface area (Å²) in [6.07, 6.45) is 6.75. The Bertz CT molecular complexity index is 170. The molecule has 0 nitrogen and oxygen atoms in total. The summed E-state index contributed by atoms with van der Waals surface area (Å²) >= 11 is 0. The van der Waals surface area contributed by atoms with Crippen molar-refractivity contribution in [3.05, 3.63) is 49.1 Å². The summed E-state index contributed by atoms with van der Waals surface area (Å²) in [6.45, 7) is 16.9. The maximum absolute atomic E-state index is 3.82. The Morgan fingerprint density at radius 2 is 1.67 bits per heavy atom. The number of rotatable bonds is 3. The van der Waals surface area contributed by atoms with Gasteiger partial charge in [-0.25, -0.2) is 0 Å². The van der Waals surface area contributed by atoms with E-state index in [-0.39, 0.29) is 0 Å². The first-order valence-corrected chi connectivity index (χ1v) is 4.16. The van der Waals surface area contributed by atoms with Crippen LogP contribution in [0.2, 0.25) is 0 Å². The van der Waals surface area contributed by atoms with Gasteiger partial charge in [0.05, 0.1) is 0 Å². The quantitative estimate of drug-likeness (QED) is 0.431. The minimum Gasteiger partial charge on any atom is -0.103 e. The molecule has 0 aromatic heterocycles. The molecule has 0 saturated heterocycles. The van der Waals surface area contributed by atoms with Crippen molar-refractivity contribution in [2.24, 2.45) is 0 Å². The summed E-state index contributed by atoms with van der Waals surface area (Å²) in [5.41, 5.74) is 2.22. The van der Waals surface area contributed by atoms with Gasteiger partial charge in [-0.15, -0.1) is 6.58 Å². The molecule has 0 radical (unpaired) electrons. The van der Waals surface area contributed by atoms with E-state index in [4.69, 9.17) is 0 Å². The van der Waals surface area contributed by atoms with Crippen LogP contribution in [-0.2, 0) is 0 Å². The van der Waals surface area contributed by atoms with Crippen LogP contribution in [0, 0.1) is 0 Å². The first-order valence-electron chi connectivity index (χ1n) is 4.16. The zero-order valence-electron chi connectivity index (χ0n) is 8.56. The summed E-state index contributed by atoms with van der Waals surface area (Å²) in [5, 5.41) is 0. The van der Waals surface area contributed by atoms with Gasteiger partial charge >= 0.3 is 0 Å². The van der Waals surface area contributed by atoms with E-state index in [9.17, 15) is 0 Å². The summed E-state index contributed by atoms with van der Waals surface area (Å²) in [4.78, 5) is 0. The van der Waals surface area contributed by atoms with E-state index >= 15 is 0 Å². The summed E-state index contributed by atoms with van der Waals surface area (Å²) < 4.78 is 0. The van der Waals surface area contributed by atoms with E-state index in [0.717, 1.165) is 17.6 Å². The first kappa shape index (κ1) is 13.5. The Labute approximate surface area is 77.0 Å². The topological polar surface area (TPSA) is 0 Å². The fourth-order valence-corrected chi connectivity index (χ4v) is 0.378. The summed E-state index contributed by atoms with van der Waals surface area (Å²) in [7, 11) is 0. The molecule has 12 heavy (non-hydrogen) atoms. The molecule has 0 heteroatoms. The second-order valence-electron chi connectivity index (χ2n) is 2.60. The average Bonchev–Trinajstić information content (AvgIpc) is 2.01. The van der Waals surface area contributed by atoms with Crippen LogP contribution < -0.4 is 0 Å². The van der Waals surface area contributed by atoms with Crippen molar-refractivity contribution in [3.8, 4) is 0 Å². The molecule has 0 saturated carbocycles. The molecule has 0 aliphatic carbocycles. The van der Waals surface area contributed by atoms with Crippen molar-refractivity contribution >= 4 is 0 Å². The van der Waals surface area contributed by atoms with Crippen LogP contribution in [0.4, 0.5) is 0 Å². The lowest BCUT2D eigenvalue weighted by atomic mass is 10.2. The first-order chi connectivity index (χ1) is 5.58. The molecule has 0 aromatic carbocycles. The third-order valence-electron chi connectivity index (χ3n) is 1.06. The molecule has 0 rings (SSSR count). The Morgan fingerprint density at radius 3 is 1.92 bits per heavy atom. The SMILES string of the molecule is C=C(C)/C=C\C(=C)CC.C=CC. The molecule has 0 aliphatic rings. The molecule has 0 heterocycles. The number of allylic oxidation sites excluding steroid dienone is 5. The van der Waals surface area contributed by atoms with E-state index in [2.05, 4.69) is 26.7 Å². The summed E-state index contributed by atoms with van der Waals surface area (Å²) in [6, 6.07) is 0. The second-order valence-corrected chi connectivity index (χ2v) is 2.60. The van der Waals surface area contributed by atoms with E-state index in [1.807, 2.05) is 26.0 Å². The van der Waals surface area contributed by atoms with Gasteiger partial charge in [0.1, 0.15) is 0 Å². The van der Waals surface area contributed by atoms with Crippen molar-refractivity contribution in [1.29, 1.82) is 0 Å². The molecule has 0 spiro atoms. The van der Waals surface area contributed by atoms with E-state index in [1.165, 1.54) is 0 Å². The van der Waals surface area contributed by atoms with Crippen molar-refractivity contribution in [1.82, 2.24) is 0 Å². The zero-order valence-corrected chi connectivity index (χ0v) is 8.56. The second kappa shape index (κ2) is 9.96. The van der Waals surface area contributed by atoms with Gasteiger partial charge in [-0.2, -0.15) is 0 Å². The van der Waals surface area contributed by atoms with Crippen LogP contribution in [0.15, 0.2) is 49.1 Å². The van der Waals surface area contributed by atoms with E-state index in [0.29, 0.717) is 0 Å².